The van der Waals surface area contributed by atoms with Gasteiger partial charge < -0.3 is 11.1 Å². The molecule has 1 aliphatic rings. The van der Waals surface area contributed by atoms with Crippen LogP contribution in [0.3, 0.4) is 0 Å². The predicted molar refractivity (Wildman–Crippen MR) is 87.9 cm³/mol. The van der Waals surface area contributed by atoms with E-state index in [1.165, 1.54) is 11.8 Å². The van der Waals surface area contributed by atoms with Crippen LogP contribution < -0.4 is 11.1 Å². The lowest BCUT2D eigenvalue weighted by Gasteiger charge is -2.26. The maximum Gasteiger partial charge on any atom is 0.230 e. The van der Waals surface area contributed by atoms with Crippen LogP contribution in [0, 0.1) is 13.8 Å². The van der Waals surface area contributed by atoms with E-state index in [4.69, 9.17) is 5.73 Å². The van der Waals surface area contributed by atoms with Gasteiger partial charge in [-0.3, -0.25) is 4.79 Å². The largest absolute Gasteiger partial charge is 0.353 e. The van der Waals surface area contributed by atoms with Gasteiger partial charge in [0.1, 0.15) is 0 Å². The molecular formula is C14H23ClN4OS. The second-order valence-electron chi connectivity index (χ2n) is 5.40. The smallest absolute Gasteiger partial charge is 0.230 e. The van der Waals surface area contributed by atoms with Gasteiger partial charge in [-0.15, -0.1) is 12.4 Å². The molecule has 5 nitrogen and oxygen atoms in total. The van der Waals surface area contributed by atoms with E-state index < -0.39 is 0 Å². The number of aryl methyl sites for hydroxylation is 2. The van der Waals surface area contributed by atoms with E-state index in [0.29, 0.717) is 17.0 Å². The molecule has 1 heterocycles. The minimum Gasteiger partial charge on any atom is -0.353 e. The monoisotopic (exact) mass is 330 g/mol. The molecule has 1 saturated carbocycles. The zero-order valence-corrected chi connectivity index (χ0v) is 14.1. The standard InChI is InChI=1S/C14H22N4OS.ClH/c1-9-7-10(2)17-14(16-9)20-8-13(19)18-12-5-3-11(15)4-6-12;/h7,11-12H,3-6,8,15H2,1-2H3,(H,18,19);1H. The summed E-state index contributed by atoms with van der Waals surface area (Å²) in [4.78, 5) is 20.6. The summed E-state index contributed by atoms with van der Waals surface area (Å²) in [6.07, 6.45) is 3.96. The summed E-state index contributed by atoms with van der Waals surface area (Å²) in [5.41, 5.74) is 7.72. The number of amides is 1. The van der Waals surface area contributed by atoms with E-state index in [1.807, 2.05) is 19.9 Å². The maximum absolute atomic E-state index is 11.9. The van der Waals surface area contributed by atoms with E-state index in [-0.39, 0.29) is 24.4 Å². The summed E-state index contributed by atoms with van der Waals surface area (Å²) in [6.45, 7) is 3.87. The highest BCUT2D eigenvalue weighted by Gasteiger charge is 2.20. The number of hydrogen-bond donors (Lipinski definition) is 2. The van der Waals surface area contributed by atoms with Crippen molar-refractivity contribution in [3.63, 3.8) is 0 Å². The van der Waals surface area contributed by atoms with Crippen LogP contribution in [-0.2, 0) is 4.79 Å². The SMILES string of the molecule is Cc1cc(C)nc(SCC(=O)NC2CCC(N)CC2)n1.Cl. The van der Waals surface area contributed by atoms with Crippen molar-refractivity contribution in [1.29, 1.82) is 0 Å². The lowest BCUT2D eigenvalue weighted by atomic mass is 9.92. The third-order valence-electron chi connectivity index (χ3n) is 3.43. The molecule has 0 saturated heterocycles. The number of nitrogens with one attached hydrogen (secondary N) is 1. The van der Waals surface area contributed by atoms with Gasteiger partial charge >= 0.3 is 0 Å². The van der Waals surface area contributed by atoms with Crippen LogP contribution in [0.5, 0.6) is 0 Å². The minimum absolute atomic E-state index is 0. The second-order valence-corrected chi connectivity index (χ2v) is 6.34. The number of aromatic nitrogens is 2. The maximum atomic E-state index is 11.9. The first-order valence-electron chi connectivity index (χ1n) is 7.03. The first kappa shape index (κ1) is 18.2. The summed E-state index contributed by atoms with van der Waals surface area (Å²) in [5, 5.41) is 3.74. The predicted octanol–water partition coefficient (Wildman–Crippen LogP) is 1.99. The van der Waals surface area contributed by atoms with Crippen molar-refractivity contribution in [2.75, 3.05) is 5.75 Å². The fourth-order valence-electron chi connectivity index (χ4n) is 2.42. The molecule has 0 atom stereocenters. The number of thioether (sulfide) groups is 1. The molecule has 0 aromatic carbocycles. The Balaban J connectivity index is 0.00000220. The molecule has 1 amide bonds. The Morgan fingerprint density at radius 2 is 1.86 bits per heavy atom. The van der Waals surface area contributed by atoms with E-state index in [1.54, 1.807) is 0 Å². The van der Waals surface area contributed by atoms with Crippen LogP contribution in [0.4, 0.5) is 0 Å². The number of hydrogen-bond acceptors (Lipinski definition) is 5. The van der Waals surface area contributed by atoms with E-state index in [9.17, 15) is 4.79 Å². The van der Waals surface area contributed by atoms with Crippen LogP contribution >= 0.6 is 24.2 Å². The van der Waals surface area contributed by atoms with Crippen molar-refractivity contribution in [2.24, 2.45) is 5.73 Å². The summed E-state index contributed by atoms with van der Waals surface area (Å²) >= 11 is 1.39. The molecular weight excluding hydrogens is 308 g/mol. The van der Waals surface area contributed by atoms with Gasteiger partial charge in [-0.1, -0.05) is 11.8 Å². The zero-order chi connectivity index (χ0) is 14.5. The van der Waals surface area contributed by atoms with Crippen molar-refractivity contribution in [3.05, 3.63) is 17.5 Å². The first-order chi connectivity index (χ1) is 9.52. The van der Waals surface area contributed by atoms with Gasteiger partial charge in [-0.2, -0.15) is 0 Å². The van der Waals surface area contributed by atoms with Crippen LogP contribution in [-0.4, -0.2) is 33.7 Å². The normalized spacial score (nSPS) is 21.5. The summed E-state index contributed by atoms with van der Waals surface area (Å²) in [5.74, 6) is 0.420. The molecule has 0 radical (unpaired) electrons. The molecule has 0 unspecified atom stereocenters. The molecule has 1 aromatic rings. The van der Waals surface area contributed by atoms with Crippen LogP contribution in [0.1, 0.15) is 37.1 Å². The van der Waals surface area contributed by atoms with Gasteiger partial charge in [0.05, 0.1) is 5.75 Å². The van der Waals surface area contributed by atoms with Crippen LogP contribution in [0.15, 0.2) is 11.2 Å². The number of nitrogens with zero attached hydrogens (tertiary/aromatic N) is 2. The number of carbonyl (C=O) groups is 1. The van der Waals surface area contributed by atoms with Gasteiger partial charge in [-0.25, -0.2) is 9.97 Å². The van der Waals surface area contributed by atoms with Gasteiger partial charge in [-0.05, 0) is 45.6 Å². The molecule has 1 aliphatic carbocycles. The Hall–Kier alpha value is -0.850. The van der Waals surface area contributed by atoms with E-state index in [0.717, 1.165) is 37.1 Å². The fraction of sp³-hybridized carbons (Fsp3) is 0.643. The summed E-state index contributed by atoms with van der Waals surface area (Å²) < 4.78 is 0. The second kappa shape index (κ2) is 8.56. The zero-order valence-electron chi connectivity index (χ0n) is 12.5. The van der Waals surface area contributed by atoms with Crippen molar-refractivity contribution < 1.29 is 4.79 Å². The molecule has 7 heteroatoms. The number of rotatable bonds is 4. The average molecular weight is 331 g/mol. The molecule has 0 spiro atoms. The molecule has 1 fully saturated rings. The molecule has 1 aromatic heterocycles. The fourth-order valence-corrected chi connectivity index (χ4v) is 3.18. The minimum atomic E-state index is 0. The summed E-state index contributed by atoms with van der Waals surface area (Å²) in [6, 6.07) is 2.51. The third-order valence-corrected chi connectivity index (χ3v) is 4.28. The topological polar surface area (TPSA) is 80.9 Å². The Bertz CT molecular complexity index is 458. The Labute approximate surface area is 136 Å². The first-order valence-corrected chi connectivity index (χ1v) is 8.01. The highest BCUT2D eigenvalue weighted by molar-refractivity contribution is 7.99. The number of carbonyl (C=O) groups excluding carboxylic acids is 1. The molecule has 0 bridgehead atoms. The van der Waals surface area contributed by atoms with Crippen LogP contribution in [0.2, 0.25) is 0 Å². The quantitative estimate of drug-likeness (QED) is 0.652. The molecule has 118 valence electrons. The Morgan fingerprint density at radius 3 is 2.43 bits per heavy atom. The summed E-state index contributed by atoms with van der Waals surface area (Å²) in [7, 11) is 0. The Morgan fingerprint density at radius 1 is 1.29 bits per heavy atom. The van der Waals surface area contributed by atoms with Crippen molar-refractivity contribution >= 4 is 30.1 Å². The number of halogens is 1. The molecule has 21 heavy (non-hydrogen) atoms. The molecule has 2 rings (SSSR count). The highest BCUT2D eigenvalue weighted by Crippen LogP contribution is 2.18. The average Bonchev–Trinajstić information content (AvgIpc) is 2.38. The van der Waals surface area contributed by atoms with E-state index >= 15 is 0 Å². The molecule has 0 aliphatic heterocycles. The van der Waals surface area contributed by atoms with Crippen molar-refractivity contribution in [1.82, 2.24) is 15.3 Å². The van der Waals surface area contributed by atoms with Crippen molar-refractivity contribution in [3.8, 4) is 0 Å². The lowest BCUT2D eigenvalue weighted by Crippen LogP contribution is -2.41. The third kappa shape index (κ3) is 6.20. The van der Waals surface area contributed by atoms with Gasteiger partial charge in [0.2, 0.25) is 5.91 Å². The Kier molecular flexibility index (Phi) is 7.42. The van der Waals surface area contributed by atoms with Gasteiger partial charge in [0, 0.05) is 23.5 Å². The molecule has 3 N–H and O–H groups in total. The lowest BCUT2D eigenvalue weighted by molar-refractivity contribution is -0.119. The van der Waals surface area contributed by atoms with Gasteiger partial charge in [0.15, 0.2) is 5.16 Å². The van der Waals surface area contributed by atoms with Crippen LogP contribution in [0.25, 0.3) is 0 Å². The highest BCUT2D eigenvalue weighted by atomic mass is 35.5. The van der Waals surface area contributed by atoms with Crippen molar-refractivity contribution in [2.45, 2.75) is 56.8 Å². The van der Waals surface area contributed by atoms with Gasteiger partial charge in [0.25, 0.3) is 0 Å². The number of nitrogens with two attached hydrogens (primary N) is 1. The van der Waals surface area contributed by atoms with E-state index in [2.05, 4.69) is 15.3 Å².